The minimum Gasteiger partial charge on any atom is -0.491 e. The molecule has 1 aliphatic heterocycles. The maximum absolute atomic E-state index is 15.2. The molecule has 5 aromatic rings. The molecule has 1 aromatic heterocycles. The topological polar surface area (TPSA) is 303 Å². The van der Waals surface area contributed by atoms with Crippen LogP contribution in [0.15, 0.2) is 89.7 Å². The van der Waals surface area contributed by atoms with Gasteiger partial charge in [-0.2, -0.15) is 5.10 Å². The van der Waals surface area contributed by atoms with Gasteiger partial charge in [0.2, 0.25) is 17.7 Å². The van der Waals surface area contributed by atoms with Gasteiger partial charge < -0.3 is 60.5 Å². The van der Waals surface area contributed by atoms with Crippen LogP contribution in [0, 0.1) is 0 Å². The Morgan fingerprint density at radius 2 is 1.21 bits per heavy atom. The maximum atomic E-state index is 15.2. The zero-order valence-corrected chi connectivity index (χ0v) is 50.0. The van der Waals surface area contributed by atoms with Crippen molar-refractivity contribution in [2.75, 3.05) is 39.9 Å². The van der Waals surface area contributed by atoms with Crippen LogP contribution in [0.5, 0.6) is 11.5 Å². The zero-order valence-electron chi connectivity index (χ0n) is 50.0. The summed E-state index contributed by atoms with van der Waals surface area (Å²) in [5.41, 5.74) is 1.64. The molecular weight excluding hydrogens is 1080 g/mol. The van der Waals surface area contributed by atoms with E-state index in [0.717, 1.165) is 35.3 Å². The highest BCUT2D eigenvalue weighted by Gasteiger charge is 2.37. The average molecular weight is 1160 g/mol. The summed E-state index contributed by atoms with van der Waals surface area (Å²) < 4.78 is 29.1. The highest BCUT2D eigenvalue weighted by atomic mass is 16.6. The number of H-pyrrole nitrogens is 2. The van der Waals surface area contributed by atoms with E-state index < -0.39 is 95.1 Å². The van der Waals surface area contributed by atoms with Crippen molar-refractivity contribution < 1.29 is 57.2 Å². The number of amides is 7. The van der Waals surface area contributed by atoms with Crippen LogP contribution in [0.1, 0.15) is 134 Å². The maximum Gasteiger partial charge on any atom is 0.407 e. The summed E-state index contributed by atoms with van der Waals surface area (Å²) in [5, 5.41) is 22.8. The second-order valence-corrected chi connectivity index (χ2v) is 23.3. The lowest BCUT2D eigenvalue weighted by Crippen LogP contribution is -2.56. The standard InChI is InChI=1S/C61H80N10O13/c1-13-14-15-37-16-19-39(20-17-37)40-21-23-41(24-22-40)52(73)67-46(35-64-58(79)84-61(9,10)11)54(75)71(12)49-42-25-27-48(81-31-29-63-57(78)83-60(6,7)8)44(34-42)43-32-38(18-26-47(43)80-30-28-62-56(77)82-59(3,4)5)33-45(50-68-55(76)70-69-50)66-51(72)36(2)65-53(49)74/h16-27,32,34,36,45-46,49H,13-15,28-31,33,35H2,1-12H3,(H,62,77)(H,63,78)(H,64,79)(H,65,74)(H,66,72)(H,67,73)(H2,68,69,70,76)/t36-,45-,46-,49-/m0/s1. The summed E-state index contributed by atoms with van der Waals surface area (Å²) in [6, 6.07) is 19.6. The van der Waals surface area contributed by atoms with Gasteiger partial charge in [0.05, 0.1) is 25.7 Å². The van der Waals surface area contributed by atoms with Gasteiger partial charge in [-0.15, -0.1) is 0 Å². The van der Waals surface area contributed by atoms with Crippen molar-refractivity contribution in [3.63, 3.8) is 0 Å². The summed E-state index contributed by atoms with van der Waals surface area (Å²) in [6.45, 7) is 18.4. The molecule has 7 amide bonds. The molecule has 4 bridgehead atoms. The number of nitrogens with one attached hydrogen (secondary N) is 8. The van der Waals surface area contributed by atoms with E-state index in [1.807, 2.05) is 12.1 Å². The minimum absolute atomic E-state index is 0.000800. The van der Waals surface area contributed by atoms with Crippen molar-refractivity contribution in [2.24, 2.45) is 0 Å². The molecule has 8 N–H and O–H groups in total. The van der Waals surface area contributed by atoms with Gasteiger partial charge in [-0.1, -0.05) is 61.9 Å². The fourth-order valence-corrected chi connectivity index (χ4v) is 8.83. The number of likely N-dealkylation sites (N-methyl/N-ethyl adjacent to an activating group) is 1. The van der Waals surface area contributed by atoms with Gasteiger partial charge in [-0.05, 0) is 153 Å². The number of aromatic nitrogens is 3. The number of aromatic amines is 2. The molecule has 0 saturated heterocycles. The van der Waals surface area contributed by atoms with Gasteiger partial charge in [0, 0.05) is 23.7 Å². The number of carbonyl (C=O) groups is 7. The Bertz CT molecular complexity index is 3170. The quantitative estimate of drug-likeness (QED) is 0.0297. The van der Waals surface area contributed by atoms with Crippen molar-refractivity contribution >= 4 is 41.9 Å². The Balaban J connectivity index is 1.44. The SMILES string of the molecule is CCCCc1ccc(-c2ccc(C(=O)N[C@@H](CNC(=O)OC(C)(C)C)C(=O)N(C)[C@@H]3C(=O)N[C@@H](C)C(=O)N[C@H](c4n[nH]c(=O)[nH]4)Cc4ccc(OCCNC(=O)OC(C)(C)C)c(c4)-c4cc3ccc4OCCNC(=O)OC(C)(C)C)cc2)cc1. The van der Waals surface area contributed by atoms with Gasteiger partial charge in [0.15, 0.2) is 5.82 Å². The molecule has 2 heterocycles. The molecule has 4 aromatic carbocycles. The monoisotopic (exact) mass is 1160 g/mol. The van der Waals surface area contributed by atoms with E-state index in [2.05, 4.69) is 66.1 Å². The van der Waals surface area contributed by atoms with Gasteiger partial charge >= 0.3 is 24.0 Å². The Morgan fingerprint density at radius 1 is 0.679 bits per heavy atom. The number of nitrogens with zero attached hydrogens (tertiary/aromatic N) is 2. The van der Waals surface area contributed by atoms with Crippen LogP contribution in [-0.2, 0) is 41.4 Å². The lowest BCUT2D eigenvalue weighted by Gasteiger charge is -2.33. The van der Waals surface area contributed by atoms with E-state index in [4.69, 9.17) is 23.7 Å². The molecule has 0 unspecified atom stereocenters. The molecule has 84 heavy (non-hydrogen) atoms. The van der Waals surface area contributed by atoms with Crippen LogP contribution in [0.4, 0.5) is 14.4 Å². The van der Waals surface area contributed by atoms with Gasteiger partial charge in [-0.3, -0.25) is 24.2 Å². The number of rotatable bonds is 19. The van der Waals surface area contributed by atoms with Crippen molar-refractivity contribution in [3.05, 3.63) is 123 Å². The molecular formula is C61H80N10O13. The summed E-state index contributed by atoms with van der Waals surface area (Å²) >= 11 is 0. The number of benzene rings is 4. The fraction of sp³-hybridized carbons (Fsp3) is 0.459. The van der Waals surface area contributed by atoms with E-state index in [1.165, 1.54) is 19.5 Å². The number of ether oxygens (including phenoxy) is 5. The van der Waals surface area contributed by atoms with Gasteiger partial charge in [-0.25, -0.2) is 24.3 Å². The van der Waals surface area contributed by atoms with Crippen molar-refractivity contribution in [1.29, 1.82) is 0 Å². The predicted molar refractivity (Wildman–Crippen MR) is 314 cm³/mol. The fourth-order valence-electron chi connectivity index (χ4n) is 8.83. The third-order valence-corrected chi connectivity index (χ3v) is 12.8. The van der Waals surface area contributed by atoms with E-state index in [0.29, 0.717) is 16.7 Å². The second kappa shape index (κ2) is 28.4. The number of unbranched alkanes of at least 4 members (excludes halogenated alkanes) is 1. The van der Waals surface area contributed by atoms with E-state index in [9.17, 15) is 28.8 Å². The molecule has 23 nitrogen and oxygen atoms in total. The van der Waals surface area contributed by atoms with Crippen molar-refractivity contribution in [2.45, 2.75) is 143 Å². The molecule has 0 aliphatic carbocycles. The van der Waals surface area contributed by atoms with Crippen LogP contribution < -0.4 is 47.1 Å². The summed E-state index contributed by atoms with van der Waals surface area (Å²) in [4.78, 5) is 113. The molecule has 452 valence electrons. The van der Waals surface area contributed by atoms with Crippen LogP contribution in [0.3, 0.4) is 0 Å². The molecule has 23 heteroatoms. The third-order valence-electron chi connectivity index (χ3n) is 12.8. The Kier molecular flexibility index (Phi) is 21.7. The highest BCUT2D eigenvalue weighted by molar-refractivity contribution is 5.99. The smallest absolute Gasteiger partial charge is 0.407 e. The largest absolute Gasteiger partial charge is 0.491 e. The normalized spacial score (nSPS) is 15.8. The first-order chi connectivity index (χ1) is 39.6. The zero-order chi connectivity index (χ0) is 61.5. The third kappa shape index (κ3) is 19.4. The predicted octanol–water partition coefficient (Wildman–Crippen LogP) is 7.32. The second-order valence-electron chi connectivity index (χ2n) is 23.3. The first-order valence-corrected chi connectivity index (χ1v) is 28.0. The van der Waals surface area contributed by atoms with Crippen LogP contribution in [-0.4, -0.2) is 131 Å². The van der Waals surface area contributed by atoms with E-state index in [-0.39, 0.29) is 61.2 Å². The summed E-state index contributed by atoms with van der Waals surface area (Å²) in [5.74, 6) is -2.43. The number of alkyl carbamates (subject to hydrolysis) is 3. The van der Waals surface area contributed by atoms with Crippen LogP contribution >= 0.6 is 0 Å². The Labute approximate surface area is 489 Å². The van der Waals surface area contributed by atoms with Crippen LogP contribution in [0.25, 0.3) is 22.3 Å². The first kappa shape index (κ1) is 64.3. The molecule has 0 saturated carbocycles. The molecule has 0 spiro atoms. The number of fused-ring (bicyclic) bond motifs is 5. The van der Waals surface area contributed by atoms with E-state index >= 15 is 9.59 Å². The van der Waals surface area contributed by atoms with Gasteiger partial charge in [0.25, 0.3) is 5.91 Å². The Morgan fingerprint density at radius 3 is 1.75 bits per heavy atom. The van der Waals surface area contributed by atoms with E-state index in [1.54, 1.807) is 123 Å². The Hall–Kier alpha value is -8.89. The van der Waals surface area contributed by atoms with Gasteiger partial charge in [0.1, 0.15) is 59.6 Å². The lowest BCUT2D eigenvalue weighted by molar-refractivity contribution is -0.141. The lowest BCUT2D eigenvalue weighted by atomic mass is 9.93. The average Bonchev–Trinajstić information content (AvgIpc) is 2.29. The number of carbonyl (C=O) groups excluding carboxylic acids is 7. The molecule has 4 atom stereocenters. The molecule has 1 aliphatic rings. The number of hydrogen-bond donors (Lipinski definition) is 8. The number of hydrogen-bond acceptors (Lipinski definition) is 14. The van der Waals surface area contributed by atoms with Crippen molar-refractivity contribution in [1.82, 2.24) is 52.0 Å². The molecule has 6 rings (SSSR count). The minimum atomic E-state index is -1.57. The molecule has 0 fully saturated rings. The summed E-state index contributed by atoms with van der Waals surface area (Å²) in [7, 11) is 1.35. The first-order valence-electron chi connectivity index (χ1n) is 28.0. The highest BCUT2D eigenvalue weighted by Crippen LogP contribution is 2.40. The van der Waals surface area contributed by atoms with Crippen LogP contribution in [0.2, 0.25) is 0 Å². The number of aryl methyl sites for hydroxylation is 1. The summed E-state index contributed by atoms with van der Waals surface area (Å²) in [6.07, 6.45) is 0.974. The molecule has 0 radical (unpaired) electrons. The van der Waals surface area contributed by atoms with Crippen molar-refractivity contribution in [3.8, 4) is 33.8 Å².